The molecule has 0 unspecified atom stereocenters. The largest absolute Gasteiger partial charge is 0.435 e. The lowest BCUT2D eigenvalue weighted by Crippen LogP contribution is -2.36. The molecule has 2 rings (SSSR count). The van der Waals surface area contributed by atoms with E-state index in [1.165, 1.54) is 24.3 Å². The highest BCUT2D eigenvalue weighted by molar-refractivity contribution is 5.78. The summed E-state index contributed by atoms with van der Waals surface area (Å²) in [5.41, 5.74) is 1.58. The van der Waals surface area contributed by atoms with Gasteiger partial charge >= 0.3 is 6.61 Å². The number of terminal acetylenes is 1. The molecule has 0 bridgehead atoms. The van der Waals surface area contributed by atoms with E-state index in [2.05, 4.69) is 16.0 Å². The normalized spacial score (nSPS) is 10.7. The lowest BCUT2D eigenvalue weighted by molar-refractivity contribution is -0.122. The van der Waals surface area contributed by atoms with Crippen molar-refractivity contribution in [2.75, 3.05) is 13.1 Å². The van der Waals surface area contributed by atoms with Gasteiger partial charge in [-0.2, -0.15) is 8.78 Å². The Balaban J connectivity index is 1.84. The fourth-order valence-electron chi connectivity index (χ4n) is 2.39. The minimum Gasteiger partial charge on any atom is -0.435 e. The number of halogens is 3. The molecule has 0 spiro atoms. The highest BCUT2D eigenvalue weighted by Gasteiger charge is 2.11. The van der Waals surface area contributed by atoms with Crippen molar-refractivity contribution >= 4 is 5.91 Å². The minimum atomic E-state index is -2.88. The Morgan fingerprint density at radius 3 is 2.33 bits per heavy atom. The molecule has 4 nitrogen and oxygen atoms in total. The molecule has 0 aromatic heterocycles. The summed E-state index contributed by atoms with van der Waals surface area (Å²) in [5, 5.41) is 2.74. The van der Waals surface area contributed by atoms with Crippen LogP contribution in [0, 0.1) is 18.2 Å². The zero-order valence-electron chi connectivity index (χ0n) is 14.5. The Morgan fingerprint density at radius 1 is 1.11 bits per heavy atom. The summed E-state index contributed by atoms with van der Waals surface area (Å²) in [7, 11) is 0. The first-order valence-corrected chi connectivity index (χ1v) is 8.17. The van der Waals surface area contributed by atoms with Crippen molar-refractivity contribution in [3.05, 3.63) is 65.5 Å². The second-order valence-corrected chi connectivity index (χ2v) is 5.77. The quantitative estimate of drug-likeness (QED) is 0.684. The van der Waals surface area contributed by atoms with Gasteiger partial charge < -0.3 is 10.1 Å². The monoisotopic (exact) mass is 376 g/mol. The van der Waals surface area contributed by atoms with Crippen LogP contribution >= 0.6 is 0 Å². The molecule has 0 heterocycles. The molecule has 0 radical (unpaired) electrons. The van der Waals surface area contributed by atoms with Crippen LogP contribution in [-0.4, -0.2) is 30.5 Å². The smallest absolute Gasteiger partial charge is 0.387 e. The zero-order valence-corrected chi connectivity index (χ0v) is 14.5. The molecule has 0 saturated heterocycles. The first-order chi connectivity index (χ1) is 13.0. The molecule has 0 saturated carbocycles. The third kappa shape index (κ3) is 7.42. The molecule has 0 atom stereocenters. The second kappa shape index (κ2) is 10.2. The SMILES string of the molecule is C#CCN(CC(=O)NCc1ccc(OC(F)F)cc1)Cc1ccc(F)cc1. The fourth-order valence-corrected chi connectivity index (χ4v) is 2.39. The molecular formula is C20H19F3N2O2. The fraction of sp³-hybridized carbons (Fsp3) is 0.250. The van der Waals surface area contributed by atoms with Gasteiger partial charge in [0.1, 0.15) is 11.6 Å². The van der Waals surface area contributed by atoms with Crippen LogP contribution < -0.4 is 10.1 Å². The number of amides is 1. The maximum Gasteiger partial charge on any atom is 0.387 e. The van der Waals surface area contributed by atoms with Gasteiger partial charge in [-0.1, -0.05) is 30.2 Å². The number of nitrogens with one attached hydrogen (secondary N) is 1. The van der Waals surface area contributed by atoms with Gasteiger partial charge in [0.15, 0.2) is 0 Å². The van der Waals surface area contributed by atoms with Gasteiger partial charge in [-0.3, -0.25) is 9.69 Å². The van der Waals surface area contributed by atoms with E-state index in [9.17, 15) is 18.0 Å². The predicted molar refractivity (Wildman–Crippen MR) is 95.4 cm³/mol. The van der Waals surface area contributed by atoms with Gasteiger partial charge in [-0.25, -0.2) is 4.39 Å². The highest BCUT2D eigenvalue weighted by Crippen LogP contribution is 2.14. The maximum atomic E-state index is 13.0. The molecule has 2 aromatic rings. The van der Waals surface area contributed by atoms with Gasteiger partial charge in [0.05, 0.1) is 13.1 Å². The molecule has 7 heteroatoms. The standard InChI is InChI=1S/C20H19F3N2O2/c1-2-11-25(13-16-3-7-17(21)8-4-16)14-19(26)24-12-15-5-9-18(10-6-15)27-20(22)23/h1,3-10,20H,11-14H2,(H,24,26). The Morgan fingerprint density at radius 2 is 1.74 bits per heavy atom. The van der Waals surface area contributed by atoms with Crippen molar-refractivity contribution < 1.29 is 22.7 Å². The molecule has 0 aliphatic carbocycles. The number of alkyl halides is 2. The van der Waals surface area contributed by atoms with E-state index in [1.807, 2.05) is 0 Å². The van der Waals surface area contributed by atoms with Crippen LogP contribution in [0.4, 0.5) is 13.2 Å². The average Bonchev–Trinajstić information content (AvgIpc) is 2.63. The van der Waals surface area contributed by atoms with Crippen LogP contribution in [0.15, 0.2) is 48.5 Å². The van der Waals surface area contributed by atoms with Crippen molar-refractivity contribution in [1.82, 2.24) is 10.2 Å². The first-order valence-electron chi connectivity index (χ1n) is 8.17. The van der Waals surface area contributed by atoms with Crippen LogP contribution in [0.1, 0.15) is 11.1 Å². The molecule has 0 aliphatic heterocycles. The van der Waals surface area contributed by atoms with Gasteiger partial charge in [0.25, 0.3) is 0 Å². The number of rotatable bonds is 9. The summed E-state index contributed by atoms with van der Waals surface area (Å²) in [6, 6.07) is 12.0. The Bertz CT molecular complexity index is 771. The van der Waals surface area contributed by atoms with Gasteiger partial charge in [-0.05, 0) is 35.4 Å². The topological polar surface area (TPSA) is 41.6 Å². The molecule has 0 aliphatic rings. The number of benzene rings is 2. The Labute approximate surface area is 155 Å². The van der Waals surface area contributed by atoms with Crippen LogP contribution in [0.2, 0.25) is 0 Å². The number of carbonyl (C=O) groups is 1. The summed E-state index contributed by atoms with van der Waals surface area (Å²) >= 11 is 0. The molecule has 142 valence electrons. The van der Waals surface area contributed by atoms with Gasteiger partial charge in [0.2, 0.25) is 5.91 Å². The van der Waals surface area contributed by atoms with Crippen molar-refractivity contribution in [1.29, 1.82) is 0 Å². The number of carbonyl (C=O) groups excluding carboxylic acids is 1. The number of hydrogen-bond acceptors (Lipinski definition) is 3. The van der Waals surface area contributed by atoms with E-state index >= 15 is 0 Å². The molecular weight excluding hydrogens is 357 g/mol. The third-order valence-corrected chi connectivity index (χ3v) is 3.64. The third-order valence-electron chi connectivity index (χ3n) is 3.64. The molecule has 2 aromatic carbocycles. The number of nitrogens with zero attached hydrogens (tertiary/aromatic N) is 1. The summed E-state index contributed by atoms with van der Waals surface area (Å²) < 4.78 is 41.5. The second-order valence-electron chi connectivity index (χ2n) is 5.77. The number of ether oxygens (including phenoxy) is 1. The van der Waals surface area contributed by atoms with E-state index in [0.717, 1.165) is 11.1 Å². The van der Waals surface area contributed by atoms with Crippen molar-refractivity contribution in [3.8, 4) is 18.1 Å². The number of hydrogen-bond donors (Lipinski definition) is 1. The van der Waals surface area contributed by atoms with E-state index in [0.29, 0.717) is 6.54 Å². The Kier molecular flexibility index (Phi) is 7.71. The predicted octanol–water partition coefficient (Wildman–Crippen LogP) is 3.18. The first kappa shape index (κ1) is 20.3. The van der Waals surface area contributed by atoms with Crippen LogP contribution in [0.5, 0.6) is 5.75 Å². The maximum absolute atomic E-state index is 13.0. The summed E-state index contributed by atoms with van der Waals surface area (Å²) in [5.74, 6) is 1.99. The molecule has 27 heavy (non-hydrogen) atoms. The van der Waals surface area contributed by atoms with Crippen LogP contribution in [-0.2, 0) is 17.9 Å². The summed E-state index contributed by atoms with van der Waals surface area (Å²) in [4.78, 5) is 13.9. The van der Waals surface area contributed by atoms with Crippen molar-refractivity contribution in [3.63, 3.8) is 0 Å². The molecule has 0 fully saturated rings. The van der Waals surface area contributed by atoms with Crippen LogP contribution in [0.3, 0.4) is 0 Å². The van der Waals surface area contributed by atoms with Gasteiger partial charge in [0, 0.05) is 13.1 Å². The lowest BCUT2D eigenvalue weighted by Gasteiger charge is -2.19. The highest BCUT2D eigenvalue weighted by atomic mass is 19.3. The summed E-state index contributed by atoms with van der Waals surface area (Å²) in [6.45, 7) is -1.87. The Hall–Kier alpha value is -2.98. The van der Waals surface area contributed by atoms with E-state index in [4.69, 9.17) is 6.42 Å². The molecule has 1 N–H and O–H groups in total. The van der Waals surface area contributed by atoms with Crippen LogP contribution in [0.25, 0.3) is 0 Å². The van der Waals surface area contributed by atoms with Crippen molar-refractivity contribution in [2.45, 2.75) is 19.7 Å². The van der Waals surface area contributed by atoms with E-state index in [1.54, 1.807) is 29.2 Å². The lowest BCUT2D eigenvalue weighted by atomic mass is 10.2. The minimum absolute atomic E-state index is 0.0552. The van der Waals surface area contributed by atoms with E-state index in [-0.39, 0.29) is 37.1 Å². The van der Waals surface area contributed by atoms with Gasteiger partial charge in [-0.15, -0.1) is 6.42 Å². The zero-order chi connectivity index (χ0) is 19.6. The summed E-state index contributed by atoms with van der Waals surface area (Å²) in [6.07, 6.45) is 5.35. The molecule has 1 amide bonds. The average molecular weight is 376 g/mol. The van der Waals surface area contributed by atoms with Crippen molar-refractivity contribution in [2.24, 2.45) is 0 Å². The van der Waals surface area contributed by atoms with E-state index < -0.39 is 6.61 Å².